The van der Waals surface area contributed by atoms with E-state index in [0.29, 0.717) is 6.54 Å². The van der Waals surface area contributed by atoms with Crippen molar-refractivity contribution < 1.29 is 13.2 Å². The molecule has 1 N–H and O–H groups in total. The summed E-state index contributed by atoms with van der Waals surface area (Å²) >= 11 is 0. The molecule has 0 radical (unpaired) electrons. The number of alkyl halides is 3. The van der Waals surface area contributed by atoms with Gasteiger partial charge in [-0.2, -0.15) is 13.2 Å². The first-order chi connectivity index (χ1) is 10.7. The molecule has 0 amide bonds. The van der Waals surface area contributed by atoms with Gasteiger partial charge in [0.2, 0.25) is 0 Å². The van der Waals surface area contributed by atoms with Gasteiger partial charge in [-0.25, -0.2) is 0 Å². The van der Waals surface area contributed by atoms with E-state index in [4.69, 9.17) is 0 Å². The van der Waals surface area contributed by atoms with Gasteiger partial charge in [0.1, 0.15) is 0 Å². The van der Waals surface area contributed by atoms with Gasteiger partial charge in [-0.3, -0.25) is 4.98 Å². The molecule has 0 aliphatic heterocycles. The normalized spacial score (nSPS) is 13.7. The highest BCUT2D eigenvalue weighted by Crippen LogP contribution is 2.46. The summed E-state index contributed by atoms with van der Waals surface area (Å²) < 4.78 is 40.0. The fourth-order valence-electron chi connectivity index (χ4n) is 2.67. The van der Waals surface area contributed by atoms with Crippen LogP contribution in [-0.2, 0) is 6.54 Å². The topological polar surface area (TPSA) is 24.9 Å². The summed E-state index contributed by atoms with van der Waals surface area (Å²) in [5.74, 6) is -1.49. The molecule has 124 valence electrons. The van der Waals surface area contributed by atoms with Gasteiger partial charge in [-0.1, -0.05) is 39.0 Å². The molecule has 0 fully saturated rings. The molecular formula is C18H21F3N2. The average molecular weight is 322 g/mol. The molecule has 0 aliphatic carbocycles. The Balaban J connectivity index is 2.12. The number of anilines is 1. The predicted octanol–water partition coefficient (Wildman–Crippen LogP) is 5.39. The van der Waals surface area contributed by atoms with Crippen molar-refractivity contribution in [1.82, 2.24) is 4.98 Å². The zero-order chi connectivity index (χ0) is 17.1. The van der Waals surface area contributed by atoms with Gasteiger partial charge in [0.15, 0.2) is 0 Å². The highest BCUT2D eigenvalue weighted by Gasteiger charge is 2.47. The highest BCUT2D eigenvalue weighted by atomic mass is 19.4. The lowest BCUT2D eigenvalue weighted by Gasteiger charge is -2.33. The molecule has 0 spiro atoms. The van der Waals surface area contributed by atoms with Gasteiger partial charge >= 0.3 is 6.18 Å². The molecule has 1 aromatic carbocycles. The van der Waals surface area contributed by atoms with Crippen molar-refractivity contribution in [3.05, 3.63) is 59.9 Å². The first-order valence-corrected chi connectivity index (χ1v) is 7.48. The number of pyridine rings is 1. The van der Waals surface area contributed by atoms with E-state index in [0.717, 1.165) is 11.4 Å². The van der Waals surface area contributed by atoms with Crippen molar-refractivity contribution in [3.8, 4) is 0 Å². The molecule has 0 saturated heterocycles. The van der Waals surface area contributed by atoms with E-state index < -0.39 is 17.5 Å². The van der Waals surface area contributed by atoms with Crippen molar-refractivity contribution in [2.75, 3.05) is 5.32 Å². The molecule has 2 nitrogen and oxygen atoms in total. The van der Waals surface area contributed by atoms with E-state index in [1.807, 2.05) is 18.2 Å². The van der Waals surface area contributed by atoms with Crippen LogP contribution >= 0.6 is 0 Å². The molecule has 5 heteroatoms. The second-order valence-electron chi connectivity index (χ2n) is 6.64. The maximum absolute atomic E-state index is 13.3. The molecule has 1 unspecified atom stereocenters. The Hall–Kier alpha value is -2.04. The van der Waals surface area contributed by atoms with Crippen LogP contribution in [0, 0.1) is 5.41 Å². The van der Waals surface area contributed by atoms with Gasteiger partial charge in [-0.05, 0) is 35.2 Å². The molecule has 0 aliphatic rings. The summed E-state index contributed by atoms with van der Waals surface area (Å²) in [7, 11) is 0. The Bertz CT molecular complexity index is 599. The Kier molecular flexibility index (Phi) is 4.97. The second-order valence-corrected chi connectivity index (χ2v) is 6.64. The van der Waals surface area contributed by atoms with Crippen LogP contribution in [0.2, 0.25) is 0 Å². The third kappa shape index (κ3) is 4.71. The standard InChI is InChI=1S/C18H21F3N2/c1-17(2,3)16(18(19,20)21)13-7-9-14(10-8-13)23-12-15-6-4-5-11-22-15/h4-11,16,23H,12H2,1-3H3. The van der Waals surface area contributed by atoms with Gasteiger partial charge < -0.3 is 5.32 Å². The van der Waals surface area contributed by atoms with Gasteiger partial charge in [0.05, 0.1) is 18.2 Å². The number of benzene rings is 1. The summed E-state index contributed by atoms with van der Waals surface area (Å²) in [6.07, 6.45) is -2.56. The summed E-state index contributed by atoms with van der Waals surface area (Å²) in [4.78, 5) is 4.19. The minimum Gasteiger partial charge on any atom is -0.379 e. The molecule has 1 aromatic heterocycles. The Morgan fingerprint density at radius 3 is 2.13 bits per heavy atom. The third-order valence-electron chi connectivity index (χ3n) is 3.64. The molecule has 2 aromatic rings. The number of nitrogens with one attached hydrogen (secondary N) is 1. The van der Waals surface area contributed by atoms with Crippen molar-refractivity contribution >= 4 is 5.69 Å². The number of halogens is 3. The van der Waals surface area contributed by atoms with Gasteiger partial charge in [0, 0.05) is 11.9 Å². The SMILES string of the molecule is CC(C)(C)C(c1ccc(NCc2ccccn2)cc1)C(F)(F)F. The largest absolute Gasteiger partial charge is 0.396 e. The van der Waals surface area contributed by atoms with Crippen LogP contribution in [0.1, 0.15) is 37.9 Å². The first kappa shape index (κ1) is 17.3. The van der Waals surface area contributed by atoms with Crippen LogP contribution in [0.15, 0.2) is 48.7 Å². The molecule has 1 atom stereocenters. The minimum atomic E-state index is -4.26. The Labute approximate surface area is 134 Å². The lowest BCUT2D eigenvalue weighted by atomic mass is 9.76. The Morgan fingerprint density at radius 2 is 1.65 bits per heavy atom. The van der Waals surface area contributed by atoms with Crippen LogP contribution < -0.4 is 5.32 Å². The maximum atomic E-state index is 13.3. The second kappa shape index (κ2) is 6.60. The molecular weight excluding hydrogens is 301 g/mol. The highest BCUT2D eigenvalue weighted by molar-refractivity contribution is 5.46. The summed E-state index contributed by atoms with van der Waals surface area (Å²) in [6.45, 7) is 5.36. The van der Waals surface area contributed by atoms with Gasteiger partial charge in [-0.15, -0.1) is 0 Å². The fourth-order valence-corrected chi connectivity index (χ4v) is 2.67. The zero-order valence-electron chi connectivity index (χ0n) is 13.5. The van der Waals surface area contributed by atoms with Crippen LogP contribution in [0.5, 0.6) is 0 Å². The van der Waals surface area contributed by atoms with E-state index in [-0.39, 0.29) is 5.56 Å². The summed E-state index contributed by atoms with van der Waals surface area (Å²) in [5, 5.41) is 3.16. The van der Waals surface area contributed by atoms with Crippen molar-refractivity contribution in [2.45, 2.75) is 39.4 Å². The van der Waals surface area contributed by atoms with Crippen LogP contribution in [0.4, 0.5) is 18.9 Å². The molecule has 1 heterocycles. The van der Waals surface area contributed by atoms with Crippen molar-refractivity contribution in [1.29, 1.82) is 0 Å². The number of hydrogen-bond acceptors (Lipinski definition) is 2. The first-order valence-electron chi connectivity index (χ1n) is 7.48. The predicted molar refractivity (Wildman–Crippen MR) is 86.3 cm³/mol. The summed E-state index contributed by atoms with van der Waals surface area (Å²) in [5.41, 5.74) is 1.04. The number of nitrogens with zero attached hydrogens (tertiary/aromatic N) is 1. The van der Waals surface area contributed by atoms with Crippen molar-refractivity contribution in [2.24, 2.45) is 5.41 Å². The quantitative estimate of drug-likeness (QED) is 0.817. The third-order valence-corrected chi connectivity index (χ3v) is 3.64. The summed E-state index contributed by atoms with van der Waals surface area (Å²) in [6, 6.07) is 12.1. The number of hydrogen-bond donors (Lipinski definition) is 1. The van der Waals surface area contributed by atoms with E-state index in [2.05, 4.69) is 10.3 Å². The smallest absolute Gasteiger partial charge is 0.379 e. The van der Waals surface area contributed by atoms with Crippen LogP contribution in [0.3, 0.4) is 0 Å². The minimum absolute atomic E-state index is 0.286. The number of aromatic nitrogens is 1. The van der Waals surface area contributed by atoms with Crippen molar-refractivity contribution in [3.63, 3.8) is 0 Å². The van der Waals surface area contributed by atoms with E-state index in [1.165, 1.54) is 0 Å². The molecule has 23 heavy (non-hydrogen) atoms. The fraction of sp³-hybridized carbons (Fsp3) is 0.389. The monoisotopic (exact) mass is 322 g/mol. The zero-order valence-corrected chi connectivity index (χ0v) is 13.5. The van der Waals surface area contributed by atoms with E-state index in [1.54, 1.807) is 51.2 Å². The van der Waals surface area contributed by atoms with Crippen LogP contribution in [0.25, 0.3) is 0 Å². The lowest BCUT2D eigenvalue weighted by Crippen LogP contribution is -2.32. The molecule has 0 saturated carbocycles. The van der Waals surface area contributed by atoms with E-state index in [9.17, 15) is 13.2 Å². The molecule has 2 rings (SSSR count). The Morgan fingerprint density at radius 1 is 1.00 bits per heavy atom. The van der Waals surface area contributed by atoms with E-state index >= 15 is 0 Å². The average Bonchev–Trinajstić information content (AvgIpc) is 2.45. The number of rotatable bonds is 4. The van der Waals surface area contributed by atoms with Crippen LogP contribution in [-0.4, -0.2) is 11.2 Å². The van der Waals surface area contributed by atoms with Gasteiger partial charge in [0.25, 0.3) is 0 Å². The maximum Gasteiger partial charge on any atom is 0.396 e. The molecule has 0 bridgehead atoms. The lowest BCUT2D eigenvalue weighted by molar-refractivity contribution is -0.171.